The zero-order chi connectivity index (χ0) is 15.5. The Balaban J connectivity index is 1.79. The molecule has 3 rings (SSSR count). The molecule has 0 bridgehead atoms. The SMILES string of the molecule is CN1CCN(C(=O)/C=C/c2cc3ccccc3[nH]c2=O)CC1. The minimum atomic E-state index is -0.180. The summed E-state index contributed by atoms with van der Waals surface area (Å²) in [4.78, 5) is 31.0. The molecule has 5 nitrogen and oxygen atoms in total. The number of fused-ring (bicyclic) bond motifs is 1. The van der Waals surface area contributed by atoms with Gasteiger partial charge in [0.15, 0.2) is 0 Å². The summed E-state index contributed by atoms with van der Waals surface area (Å²) in [5.74, 6) is -0.0411. The van der Waals surface area contributed by atoms with Crippen LogP contribution in [0.2, 0.25) is 0 Å². The topological polar surface area (TPSA) is 56.4 Å². The van der Waals surface area contributed by atoms with Gasteiger partial charge in [-0.2, -0.15) is 0 Å². The minimum absolute atomic E-state index is 0.0411. The number of aromatic nitrogens is 1. The number of aromatic amines is 1. The van der Waals surface area contributed by atoms with E-state index in [1.807, 2.05) is 42.3 Å². The van der Waals surface area contributed by atoms with Crippen molar-refractivity contribution in [3.63, 3.8) is 0 Å². The van der Waals surface area contributed by atoms with Gasteiger partial charge in [0.25, 0.3) is 5.56 Å². The van der Waals surface area contributed by atoms with E-state index in [9.17, 15) is 9.59 Å². The van der Waals surface area contributed by atoms with Gasteiger partial charge >= 0.3 is 0 Å². The maximum Gasteiger partial charge on any atom is 0.255 e. The van der Waals surface area contributed by atoms with Gasteiger partial charge in [-0.05, 0) is 30.6 Å². The molecular formula is C17H19N3O2. The molecule has 0 unspecified atom stereocenters. The molecule has 5 heteroatoms. The summed E-state index contributed by atoms with van der Waals surface area (Å²) < 4.78 is 0. The monoisotopic (exact) mass is 297 g/mol. The maximum atomic E-state index is 12.2. The average Bonchev–Trinajstić information content (AvgIpc) is 2.53. The van der Waals surface area contributed by atoms with Crippen LogP contribution in [0.3, 0.4) is 0 Å². The Labute approximate surface area is 128 Å². The molecular weight excluding hydrogens is 278 g/mol. The summed E-state index contributed by atoms with van der Waals surface area (Å²) in [6.45, 7) is 3.23. The van der Waals surface area contributed by atoms with Crippen molar-refractivity contribution in [2.75, 3.05) is 33.2 Å². The van der Waals surface area contributed by atoms with Crippen LogP contribution in [0.4, 0.5) is 0 Å². The van der Waals surface area contributed by atoms with Gasteiger partial charge in [0.05, 0.1) is 0 Å². The van der Waals surface area contributed by atoms with Gasteiger partial charge in [-0.15, -0.1) is 0 Å². The first-order valence-electron chi connectivity index (χ1n) is 7.41. The van der Waals surface area contributed by atoms with E-state index in [1.165, 1.54) is 6.08 Å². The molecule has 0 atom stereocenters. The van der Waals surface area contributed by atoms with E-state index in [0.717, 1.165) is 37.1 Å². The molecule has 0 aliphatic carbocycles. The first kappa shape index (κ1) is 14.5. The van der Waals surface area contributed by atoms with Crippen LogP contribution in [0, 0.1) is 0 Å². The van der Waals surface area contributed by atoms with E-state index >= 15 is 0 Å². The number of carbonyl (C=O) groups excluding carboxylic acids is 1. The number of piperazine rings is 1. The normalized spacial score (nSPS) is 16.5. The van der Waals surface area contributed by atoms with Crippen LogP contribution in [-0.4, -0.2) is 53.9 Å². The van der Waals surface area contributed by atoms with Crippen LogP contribution in [0.15, 0.2) is 41.2 Å². The first-order chi connectivity index (χ1) is 10.6. The number of hydrogen-bond acceptors (Lipinski definition) is 3. The highest BCUT2D eigenvalue weighted by atomic mass is 16.2. The highest BCUT2D eigenvalue weighted by Crippen LogP contribution is 2.11. The van der Waals surface area contributed by atoms with Crippen molar-refractivity contribution in [3.05, 3.63) is 52.3 Å². The van der Waals surface area contributed by atoms with Crippen LogP contribution in [0.1, 0.15) is 5.56 Å². The van der Waals surface area contributed by atoms with Crippen molar-refractivity contribution in [2.24, 2.45) is 0 Å². The van der Waals surface area contributed by atoms with E-state index in [-0.39, 0.29) is 11.5 Å². The summed E-state index contributed by atoms with van der Waals surface area (Å²) in [5.41, 5.74) is 1.12. The summed E-state index contributed by atoms with van der Waals surface area (Å²) in [6, 6.07) is 9.40. The van der Waals surface area contributed by atoms with E-state index in [2.05, 4.69) is 9.88 Å². The fourth-order valence-corrected chi connectivity index (χ4v) is 2.58. The number of para-hydroxylation sites is 1. The standard InChI is InChI=1S/C17H19N3O2/c1-19-8-10-20(11-9-19)16(21)7-6-14-12-13-4-2-3-5-15(13)18-17(14)22/h2-7,12H,8-11H2,1H3,(H,18,22)/b7-6+. The summed E-state index contributed by atoms with van der Waals surface area (Å²) in [6.07, 6.45) is 3.09. The van der Waals surface area contributed by atoms with Crippen molar-refractivity contribution < 1.29 is 4.79 Å². The lowest BCUT2D eigenvalue weighted by Crippen LogP contribution is -2.46. The van der Waals surface area contributed by atoms with Gasteiger partial charge in [-0.1, -0.05) is 18.2 Å². The largest absolute Gasteiger partial charge is 0.337 e. The Morgan fingerprint density at radius 3 is 2.68 bits per heavy atom. The Morgan fingerprint density at radius 2 is 1.91 bits per heavy atom. The summed E-state index contributed by atoms with van der Waals surface area (Å²) in [5, 5.41) is 0.953. The molecule has 1 aliphatic heterocycles. The number of pyridine rings is 1. The third-order valence-corrected chi connectivity index (χ3v) is 4.00. The van der Waals surface area contributed by atoms with Gasteiger partial charge < -0.3 is 14.8 Å². The maximum absolute atomic E-state index is 12.2. The lowest BCUT2D eigenvalue weighted by Gasteiger charge is -2.31. The Bertz CT molecular complexity index is 771. The molecule has 2 heterocycles. The lowest BCUT2D eigenvalue weighted by molar-refractivity contribution is -0.127. The number of carbonyl (C=O) groups is 1. The zero-order valence-electron chi connectivity index (χ0n) is 12.6. The molecule has 1 aliphatic rings. The van der Waals surface area contributed by atoms with Gasteiger partial charge in [0.2, 0.25) is 5.91 Å². The molecule has 1 aromatic heterocycles. The van der Waals surface area contributed by atoms with E-state index in [0.29, 0.717) is 5.56 Å². The van der Waals surface area contributed by atoms with Crippen molar-refractivity contribution >= 4 is 22.9 Å². The number of H-pyrrole nitrogens is 1. The van der Waals surface area contributed by atoms with Crippen LogP contribution in [0.25, 0.3) is 17.0 Å². The first-order valence-corrected chi connectivity index (χ1v) is 7.41. The number of amides is 1. The van der Waals surface area contributed by atoms with Crippen LogP contribution in [0.5, 0.6) is 0 Å². The van der Waals surface area contributed by atoms with E-state index < -0.39 is 0 Å². The highest BCUT2D eigenvalue weighted by molar-refractivity contribution is 5.92. The van der Waals surface area contributed by atoms with Gasteiger partial charge in [-0.25, -0.2) is 0 Å². The molecule has 1 saturated heterocycles. The predicted molar refractivity (Wildman–Crippen MR) is 87.7 cm³/mol. The molecule has 0 saturated carbocycles. The average molecular weight is 297 g/mol. The van der Waals surface area contributed by atoms with Crippen molar-refractivity contribution in [1.29, 1.82) is 0 Å². The van der Waals surface area contributed by atoms with Gasteiger partial charge in [0, 0.05) is 43.3 Å². The molecule has 2 aromatic rings. The van der Waals surface area contributed by atoms with E-state index in [1.54, 1.807) is 6.08 Å². The third-order valence-electron chi connectivity index (χ3n) is 4.00. The number of nitrogens with zero attached hydrogens (tertiary/aromatic N) is 2. The smallest absolute Gasteiger partial charge is 0.255 e. The minimum Gasteiger partial charge on any atom is -0.337 e. The number of benzene rings is 1. The zero-order valence-corrected chi connectivity index (χ0v) is 12.6. The second-order valence-electron chi connectivity index (χ2n) is 5.60. The summed E-state index contributed by atoms with van der Waals surface area (Å²) >= 11 is 0. The molecule has 1 aromatic carbocycles. The number of hydrogen-bond donors (Lipinski definition) is 1. The van der Waals surface area contributed by atoms with Crippen molar-refractivity contribution in [3.8, 4) is 0 Å². The fraction of sp³-hybridized carbons (Fsp3) is 0.294. The predicted octanol–water partition coefficient (Wildman–Crippen LogP) is 1.32. The number of nitrogens with one attached hydrogen (secondary N) is 1. The molecule has 0 radical (unpaired) electrons. The number of likely N-dealkylation sites (N-methyl/N-ethyl adjacent to an activating group) is 1. The van der Waals surface area contributed by atoms with Crippen LogP contribution >= 0.6 is 0 Å². The van der Waals surface area contributed by atoms with Crippen LogP contribution in [-0.2, 0) is 4.79 Å². The highest BCUT2D eigenvalue weighted by Gasteiger charge is 2.16. The third kappa shape index (κ3) is 3.09. The Hall–Kier alpha value is -2.40. The van der Waals surface area contributed by atoms with E-state index in [4.69, 9.17) is 0 Å². The molecule has 22 heavy (non-hydrogen) atoms. The molecule has 1 N–H and O–H groups in total. The van der Waals surface area contributed by atoms with Crippen molar-refractivity contribution in [1.82, 2.24) is 14.8 Å². The Morgan fingerprint density at radius 1 is 1.18 bits per heavy atom. The van der Waals surface area contributed by atoms with Crippen molar-refractivity contribution in [2.45, 2.75) is 0 Å². The molecule has 1 fully saturated rings. The second-order valence-corrected chi connectivity index (χ2v) is 5.60. The molecule has 1 amide bonds. The molecule has 114 valence electrons. The Kier molecular flexibility index (Phi) is 4.06. The molecule has 0 spiro atoms. The van der Waals surface area contributed by atoms with Gasteiger partial charge in [0.1, 0.15) is 0 Å². The second kappa shape index (κ2) is 6.15. The summed E-state index contributed by atoms with van der Waals surface area (Å²) in [7, 11) is 2.05. The quantitative estimate of drug-likeness (QED) is 0.851. The van der Waals surface area contributed by atoms with Gasteiger partial charge in [-0.3, -0.25) is 9.59 Å². The lowest BCUT2D eigenvalue weighted by atomic mass is 10.1. The van der Waals surface area contributed by atoms with Crippen LogP contribution < -0.4 is 5.56 Å². The number of rotatable bonds is 2. The fourth-order valence-electron chi connectivity index (χ4n) is 2.58.